The summed E-state index contributed by atoms with van der Waals surface area (Å²) in [6.07, 6.45) is 5.62. The van der Waals surface area contributed by atoms with Gasteiger partial charge in [0.1, 0.15) is 0 Å². The van der Waals surface area contributed by atoms with E-state index in [1.807, 2.05) is 0 Å². The molecule has 0 bridgehead atoms. The molecule has 2 aliphatic heterocycles. The molecule has 17 heavy (non-hydrogen) atoms. The Bertz CT molecular complexity index is 223. The fraction of sp³-hybridized carbons (Fsp3) is 1.00. The number of nitrogens with zero attached hydrogens (tertiary/aromatic N) is 2. The molecule has 2 nitrogen and oxygen atoms in total. The van der Waals surface area contributed by atoms with Crippen LogP contribution in [0.4, 0.5) is 0 Å². The van der Waals surface area contributed by atoms with Crippen molar-refractivity contribution in [3.63, 3.8) is 0 Å². The van der Waals surface area contributed by atoms with E-state index in [9.17, 15) is 0 Å². The summed E-state index contributed by atoms with van der Waals surface area (Å²) in [6.45, 7) is 15.1. The van der Waals surface area contributed by atoms with Crippen LogP contribution in [0.25, 0.3) is 0 Å². The molecule has 2 heterocycles. The van der Waals surface area contributed by atoms with Crippen molar-refractivity contribution in [2.24, 2.45) is 11.3 Å². The van der Waals surface area contributed by atoms with Crippen molar-refractivity contribution in [2.75, 3.05) is 39.3 Å². The van der Waals surface area contributed by atoms with Gasteiger partial charge in [-0.1, -0.05) is 20.8 Å². The molecule has 0 aliphatic carbocycles. The zero-order valence-electron chi connectivity index (χ0n) is 12.0. The molecule has 0 radical (unpaired) electrons. The standard InChI is InChI=1S/C15H30N2/c1-4-16-11-7-15(3,8-12-16)13-17-9-5-14(2)6-10-17/h14H,4-13H2,1-3H3. The minimum absolute atomic E-state index is 0.590. The molecule has 0 aromatic heterocycles. The molecule has 0 unspecified atom stereocenters. The highest BCUT2D eigenvalue weighted by Gasteiger charge is 2.32. The quantitative estimate of drug-likeness (QED) is 0.746. The molecule has 2 aliphatic rings. The van der Waals surface area contributed by atoms with Crippen molar-refractivity contribution in [2.45, 2.75) is 46.5 Å². The molecule has 0 spiro atoms. The van der Waals surface area contributed by atoms with Gasteiger partial charge in [0, 0.05) is 6.54 Å². The normalized spacial score (nSPS) is 28.4. The van der Waals surface area contributed by atoms with Gasteiger partial charge in [-0.25, -0.2) is 0 Å². The fourth-order valence-electron chi connectivity index (χ4n) is 3.33. The third-order valence-corrected chi connectivity index (χ3v) is 4.99. The number of piperidine rings is 2. The van der Waals surface area contributed by atoms with Crippen LogP contribution in [0.1, 0.15) is 46.5 Å². The van der Waals surface area contributed by atoms with Crippen molar-refractivity contribution in [3.05, 3.63) is 0 Å². The molecule has 0 atom stereocenters. The Kier molecular flexibility index (Phi) is 4.48. The zero-order chi connectivity index (χ0) is 12.3. The van der Waals surface area contributed by atoms with Crippen LogP contribution < -0.4 is 0 Å². The summed E-state index contributed by atoms with van der Waals surface area (Å²) < 4.78 is 0. The molecule has 0 N–H and O–H groups in total. The lowest BCUT2D eigenvalue weighted by Crippen LogP contribution is -2.46. The van der Waals surface area contributed by atoms with Crippen molar-refractivity contribution in [1.82, 2.24) is 9.80 Å². The van der Waals surface area contributed by atoms with Crippen LogP contribution in [0.2, 0.25) is 0 Å². The first-order chi connectivity index (χ1) is 8.11. The highest BCUT2D eigenvalue weighted by atomic mass is 15.2. The van der Waals surface area contributed by atoms with E-state index in [0.29, 0.717) is 5.41 Å². The van der Waals surface area contributed by atoms with Gasteiger partial charge < -0.3 is 9.80 Å². The Morgan fingerprint density at radius 2 is 1.59 bits per heavy atom. The summed E-state index contributed by atoms with van der Waals surface area (Å²) in [5.74, 6) is 0.959. The number of hydrogen-bond donors (Lipinski definition) is 0. The van der Waals surface area contributed by atoms with Gasteiger partial charge in [0.2, 0.25) is 0 Å². The molecule has 100 valence electrons. The lowest BCUT2D eigenvalue weighted by atomic mass is 9.79. The van der Waals surface area contributed by atoms with Crippen molar-refractivity contribution < 1.29 is 0 Å². The highest BCUT2D eigenvalue weighted by Crippen LogP contribution is 2.32. The Hall–Kier alpha value is -0.0800. The summed E-state index contributed by atoms with van der Waals surface area (Å²) in [5, 5.41) is 0. The minimum Gasteiger partial charge on any atom is -0.304 e. The highest BCUT2D eigenvalue weighted by molar-refractivity contribution is 4.86. The van der Waals surface area contributed by atoms with Crippen molar-refractivity contribution >= 4 is 0 Å². The summed E-state index contributed by atoms with van der Waals surface area (Å²) in [5.41, 5.74) is 0.590. The van der Waals surface area contributed by atoms with Crippen molar-refractivity contribution in [3.8, 4) is 0 Å². The summed E-state index contributed by atoms with van der Waals surface area (Å²) in [6, 6.07) is 0. The van der Waals surface area contributed by atoms with E-state index in [-0.39, 0.29) is 0 Å². The maximum Gasteiger partial charge on any atom is 0.00363 e. The second-order valence-electron chi connectivity index (χ2n) is 6.70. The third kappa shape index (κ3) is 3.69. The Labute approximate surface area is 107 Å². The summed E-state index contributed by atoms with van der Waals surface area (Å²) >= 11 is 0. The lowest BCUT2D eigenvalue weighted by Gasteiger charge is -2.43. The first kappa shape index (κ1) is 13.4. The molecule has 0 aromatic rings. The fourth-order valence-corrected chi connectivity index (χ4v) is 3.33. The van der Waals surface area contributed by atoms with Crippen LogP contribution in [0.3, 0.4) is 0 Å². The van der Waals surface area contributed by atoms with Crippen LogP contribution in [0.15, 0.2) is 0 Å². The molecule has 0 aromatic carbocycles. The smallest absolute Gasteiger partial charge is 0.00363 e. The van der Waals surface area contributed by atoms with Crippen molar-refractivity contribution in [1.29, 1.82) is 0 Å². The van der Waals surface area contributed by atoms with E-state index in [2.05, 4.69) is 30.6 Å². The van der Waals surface area contributed by atoms with E-state index in [1.165, 1.54) is 65.0 Å². The monoisotopic (exact) mass is 238 g/mol. The topological polar surface area (TPSA) is 6.48 Å². The van der Waals surface area contributed by atoms with Gasteiger partial charge in [0.05, 0.1) is 0 Å². The average Bonchev–Trinajstić information content (AvgIpc) is 2.33. The second kappa shape index (κ2) is 5.71. The largest absolute Gasteiger partial charge is 0.304 e. The summed E-state index contributed by atoms with van der Waals surface area (Å²) in [4.78, 5) is 5.32. The molecule has 0 amide bonds. The third-order valence-electron chi connectivity index (χ3n) is 4.99. The van der Waals surface area contributed by atoms with Crippen LogP contribution in [0, 0.1) is 11.3 Å². The van der Waals surface area contributed by atoms with Gasteiger partial charge in [-0.3, -0.25) is 0 Å². The molecule has 2 fully saturated rings. The number of hydrogen-bond acceptors (Lipinski definition) is 2. The van der Waals surface area contributed by atoms with Gasteiger partial charge in [-0.15, -0.1) is 0 Å². The second-order valence-corrected chi connectivity index (χ2v) is 6.70. The molecule has 2 saturated heterocycles. The Morgan fingerprint density at radius 3 is 2.12 bits per heavy atom. The van der Waals surface area contributed by atoms with E-state index < -0.39 is 0 Å². The van der Waals surface area contributed by atoms with Crippen LogP contribution >= 0.6 is 0 Å². The van der Waals surface area contributed by atoms with Gasteiger partial charge in [0.25, 0.3) is 0 Å². The maximum atomic E-state index is 2.72. The molecule has 0 saturated carbocycles. The van der Waals surface area contributed by atoms with Crippen LogP contribution in [-0.2, 0) is 0 Å². The van der Waals surface area contributed by atoms with Gasteiger partial charge in [-0.05, 0) is 69.7 Å². The van der Waals surface area contributed by atoms with E-state index in [1.54, 1.807) is 0 Å². The van der Waals surface area contributed by atoms with Crippen LogP contribution in [-0.4, -0.2) is 49.1 Å². The SMILES string of the molecule is CCN1CCC(C)(CN2CCC(C)CC2)CC1. The van der Waals surface area contributed by atoms with E-state index >= 15 is 0 Å². The minimum atomic E-state index is 0.590. The Morgan fingerprint density at radius 1 is 1.00 bits per heavy atom. The first-order valence-corrected chi connectivity index (χ1v) is 7.56. The molecule has 2 heteroatoms. The average molecular weight is 238 g/mol. The predicted molar refractivity (Wildman–Crippen MR) is 74.3 cm³/mol. The Balaban J connectivity index is 1.78. The maximum absolute atomic E-state index is 2.72. The molecule has 2 rings (SSSR count). The lowest BCUT2D eigenvalue weighted by molar-refractivity contribution is 0.0630. The number of likely N-dealkylation sites (tertiary alicyclic amines) is 2. The first-order valence-electron chi connectivity index (χ1n) is 7.56. The van der Waals surface area contributed by atoms with Crippen LogP contribution in [0.5, 0.6) is 0 Å². The van der Waals surface area contributed by atoms with Gasteiger partial charge >= 0.3 is 0 Å². The van der Waals surface area contributed by atoms with E-state index in [4.69, 9.17) is 0 Å². The zero-order valence-corrected chi connectivity index (χ0v) is 12.0. The van der Waals surface area contributed by atoms with Gasteiger partial charge in [-0.2, -0.15) is 0 Å². The molecular weight excluding hydrogens is 208 g/mol. The van der Waals surface area contributed by atoms with E-state index in [0.717, 1.165) is 5.92 Å². The predicted octanol–water partition coefficient (Wildman–Crippen LogP) is 2.84. The summed E-state index contributed by atoms with van der Waals surface area (Å²) in [7, 11) is 0. The molecular formula is C15H30N2. The van der Waals surface area contributed by atoms with Gasteiger partial charge in [0.15, 0.2) is 0 Å². The number of rotatable bonds is 3.